The highest BCUT2D eigenvalue weighted by atomic mass is 35.5. The number of halogens is 1. The van der Waals surface area contributed by atoms with Gasteiger partial charge < -0.3 is 10.1 Å². The molecule has 2 N–H and O–H groups in total. The van der Waals surface area contributed by atoms with Crippen LogP contribution in [0.5, 0.6) is 0 Å². The minimum absolute atomic E-state index is 0.523. The highest BCUT2D eigenvalue weighted by Crippen LogP contribution is 2.42. The van der Waals surface area contributed by atoms with Gasteiger partial charge in [0.1, 0.15) is 12.4 Å². The first-order chi connectivity index (χ1) is 12.2. The second-order valence-corrected chi connectivity index (χ2v) is 6.85. The molecule has 0 aliphatic rings. The summed E-state index contributed by atoms with van der Waals surface area (Å²) >= 11 is 7.80. The quantitative estimate of drug-likeness (QED) is 0.562. The van der Waals surface area contributed by atoms with Crippen molar-refractivity contribution in [2.45, 2.75) is 6.10 Å². The standard InChI is InChI=1S/C18H13ClN4OS/c19-14-4-2-1-3-12(14)16(24)13-9-15(11-5-7-20-8-6-11)25-17(13)18-21-10-22-23-18/h1-10,16,24H,(H,21,22,23). The molecule has 0 bridgehead atoms. The van der Waals surface area contributed by atoms with Crippen LogP contribution in [0.3, 0.4) is 0 Å². The molecule has 3 aromatic heterocycles. The summed E-state index contributed by atoms with van der Waals surface area (Å²) in [7, 11) is 0. The van der Waals surface area contributed by atoms with Crippen LogP contribution >= 0.6 is 22.9 Å². The summed E-state index contributed by atoms with van der Waals surface area (Å²) < 4.78 is 0. The summed E-state index contributed by atoms with van der Waals surface area (Å²) in [4.78, 5) is 8.90. The molecule has 0 saturated heterocycles. The van der Waals surface area contributed by atoms with Gasteiger partial charge in [-0.1, -0.05) is 29.8 Å². The van der Waals surface area contributed by atoms with Crippen LogP contribution in [0.4, 0.5) is 0 Å². The monoisotopic (exact) mass is 368 g/mol. The van der Waals surface area contributed by atoms with Gasteiger partial charge in [-0.25, -0.2) is 0 Å². The fourth-order valence-electron chi connectivity index (χ4n) is 2.63. The minimum Gasteiger partial charge on any atom is -0.384 e. The largest absolute Gasteiger partial charge is 0.384 e. The average Bonchev–Trinajstić information content (AvgIpc) is 3.32. The second-order valence-electron chi connectivity index (χ2n) is 5.39. The Kier molecular flexibility index (Phi) is 4.31. The van der Waals surface area contributed by atoms with Crippen LogP contribution in [0.15, 0.2) is 61.2 Å². The third kappa shape index (κ3) is 3.07. The van der Waals surface area contributed by atoms with Crippen molar-refractivity contribution in [1.29, 1.82) is 0 Å². The molecule has 124 valence electrons. The third-order valence-electron chi connectivity index (χ3n) is 3.85. The fraction of sp³-hybridized carbons (Fsp3) is 0.0556. The van der Waals surface area contributed by atoms with E-state index in [1.165, 1.54) is 17.7 Å². The van der Waals surface area contributed by atoms with Crippen molar-refractivity contribution in [3.63, 3.8) is 0 Å². The lowest BCUT2D eigenvalue weighted by Gasteiger charge is -2.12. The summed E-state index contributed by atoms with van der Waals surface area (Å²) in [6.45, 7) is 0. The zero-order chi connectivity index (χ0) is 17.2. The summed E-state index contributed by atoms with van der Waals surface area (Å²) in [5, 5.41) is 19.4. The van der Waals surface area contributed by atoms with E-state index in [-0.39, 0.29) is 0 Å². The third-order valence-corrected chi connectivity index (χ3v) is 5.40. The number of aromatic nitrogens is 4. The van der Waals surface area contributed by atoms with Crippen molar-refractivity contribution in [2.75, 3.05) is 0 Å². The summed E-state index contributed by atoms with van der Waals surface area (Å²) in [5.74, 6) is 0.617. The van der Waals surface area contributed by atoms with Gasteiger partial charge in [-0.3, -0.25) is 4.98 Å². The molecule has 0 saturated carbocycles. The first-order valence-electron chi connectivity index (χ1n) is 7.57. The van der Waals surface area contributed by atoms with E-state index >= 15 is 0 Å². The van der Waals surface area contributed by atoms with Gasteiger partial charge in [0.25, 0.3) is 0 Å². The summed E-state index contributed by atoms with van der Waals surface area (Å²) in [6, 6.07) is 13.1. The molecule has 4 rings (SSSR count). The van der Waals surface area contributed by atoms with E-state index < -0.39 is 6.10 Å². The van der Waals surface area contributed by atoms with Crippen LogP contribution < -0.4 is 0 Å². The Morgan fingerprint density at radius 1 is 1.08 bits per heavy atom. The number of hydrogen-bond donors (Lipinski definition) is 2. The Hall–Kier alpha value is -2.54. The molecule has 5 nitrogen and oxygen atoms in total. The highest BCUT2D eigenvalue weighted by molar-refractivity contribution is 7.19. The van der Waals surface area contributed by atoms with E-state index in [1.807, 2.05) is 36.4 Å². The molecule has 0 fully saturated rings. The van der Waals surface area contributed by atoms with Gasteiger partial charge in [-0.15, -0.1) is 21.5 Å². The van der Waals surface area contributed by atoms with Crippen LogP contribution in [-0.2, 0) is 0 Å². The van der Waals surface area contributed by atoms with Crippen LogP contribution in [0.2, 0.25) is 5.02 Å². The minimum atomic E-state index is -0.861. The molecular formula is C18H13ClN4OS. The maximum absolute atomic E-state index is 11.0. The van der Waals surface area contributed by atoms with Crippen molar-refractivity contribution in [1.82, 2.24) is 20.2 Å². The van der Waals surface area contributed by atoms with Gasteiger partial charge in [-0.2, -0.15) is 0 Å². The molecule has 1 aromatic carbocycles. The Morgan fingerprint density at radius 2 is 1.88 bits per heavy atom. The predicted molar refractivity (Wildman–Crippen MR) is 98.4 cm³/mol. The van der Waals surface area contributed by atoms with Crippen LogP contribution in [-0.4, -0.2) is 25.3 Å². The van der Waals surface area contributed by atoms with Crippen molar-refractivity contribution in [3.8, 4) is 21.1 Å². The number of H-pyrrole nitrogens is 1. The Balaban J connectivity index is 1.86. The number of aromatic amines is 1. The van der Waals surface area contributed by atoms with Crippen LogP contribution in [0, 0.1) is 0 Å². The molecule has 4 aromatic rings. The van der Waals surface area contributed by atoms with Crippen LogP contribution in [0.25, 0.3) is 21.1 Å². The normalized spacial score (nSPS) is 12.2. The van der Waals surface area contributed by atoms with E-state index in [0.717, 1.165) is 20.9 Å². The van der Waals surface area contributed by atoms with Gasteiger partial charge in [0.2, 0.25) is 0 Å². The molecule has 0 radical (unpaired) electrons. The average molecular weight is 369 g/mol. The van der Waals surface area contributed by atoms with Crippen molar-refractivity contribution in [3.05, 3.63) is 77.3 Å². The van der Waals surface area contributed by atoms with E-state index in [9.17, 15) is 5.11 Å². The maximum Gasteiger partial charge on any atom is 0.171 e. The summed E-state index contributed by atoms with van der Waals surface area (Å²) in [6.07, 6.45) is 4.15. The number of aliphatic hydroxyl groups is 1. The molecule has 25 heavy (non-hydrogen) atoms. The fourth-order valence-corrected chi connectivity index (χ4v) is 4.02. The van der Waals surface area contributed by atoms with Gasteiger partial charge in [0.05, 0.1) is 4.88 Å². The number of benzene rings is 1. The molecular weight excluding hydrogens is 356 g/mol. The zero-order valence-electron chi connectivity index (χ0n) is 12.9. The molecule has 1 atom stereocenters. The molecule has 0 aliphatic carbocycles. The van der Waals surface area contributed by atoms with E-state index in [1.54, 1.807) is 18.5 Å². The molecule has 0 amide bonds. The summed E-state index contributed by atoms with van der Waals surface area (Å²) in [5.41, 5.74) is 2.42. The Morgan fingerprint density at radius 3 is 2.60 bits per heavy atom. The second kappa shape index (κ2) is 6.76. The number of aliphatic hydroxyl groups excluding tert-OH is 1. The SMILES string of the molecule is OC(c1ccccc1Cl)c1cc(-c2ccncc2)sc1-c1nnc[nH]1. The molecule has 0 aliphatic heterocycles. The number of pyridine rings is 1. The van der Waals surface area contributed by atoms with Crippen LogP contribution in [0.1, 0.15) is 17.2 Å². The smallest absolute Gasteiger partial charge is 0.171 e. The molecule has 3 heterocycles. The Labute approximate surface area is 153 Å². The lowest BCUT2D eigenvalue weighted by molar-refractivity contribution is 0.221. The molecule has 1 unspecified atom stereocenters. The van der Waals surface area contributed by atoms with Gasteiger partial charge in [0, 0.05) is 33.4 Å². The molecule has 0 spiro atoms. The van der Waals surface area contributed by atoms with E-state index in [2.05, 4.69) is 20.2 Å². The predicted octanol–water partition coefficient (Wildman–Crippen LogP) is 4.33. The van der Waals surface area contributed by atoms with E-state index in [0.29, 0.717) is 16.4 Å². The number of rotatable bonds is 4. The van der Waals surface area contributed by atoms with Gasteiger partial charge >= 0.3 is 0 Å². The zero-order valence-corrected chi connectivity index (χ0v) is 14.5. The highest BCUT2D eigenvalue weighted by Gasteiger charge is 2.23. The van der Waals surface area contributed by atoms with Crippen molar-refractivity contribution in [2.24, 2.45) is 0 Å². The number of nitrogens with one attached hydrogen (secondary N) is 1. The lowest BCUT2D eigenvalue weighted by Crippen LogP contribution is -2.01. The number of nitrogens with zero attached hydrogens (tertiary/aromatic N) is 3. The number of hydrogen-bond acceptors (Lipinski definition) is 5. The van der Waals surface area contributed by atoms with Gasteiger partial charge in [0.15, 0.2) is 5.82 Å². The lowest BCUT2D eigenvalue weighted by atomic mass is 10.0. The maximum atomic E-state index is 11.0. The van der Waals surface area contributed by atoms with Crippen molar-refractivity contribution >= 4 is 22.9 Å². The topological polar surface area (TPSA) is 74.7 Å². The van der Waals surface area contributed by atoms with Gasteiger partial charge in [-0.05, 0) is 29.8 Å². The first-order valence-corrected chi connectivity index (χ1v) is 8.76. The Bertz CT molecular complexity index is 986. The van der Waals surface area contributed by atoms with Crippen molar-refractivity contribution < 1.29 is 5.11 Å². The van der Waals surface area contributed by atoms with E-state index in [4.69, 9.17) is 11.6 Å². The number of thiophene rings is 1. The first kappa shape index (κ1) is 16.0. The molecule has 7 heteroatoms.